The van der Waals surface area contributed by atoms with Crippen LogP contribution in [0.4, 0.5) is 0 Å². The van der Waals surface area contributed by atoms with Gasteiger partial charge in [-0.25, -0.2) is 8.42 Å². The molecular weight excluding hydrogens is 440 g/mol. The molecule has 1 saturated heterocycles. The molecule has 1 amide bonds. The normalized spacial score (nSPS) is 15.8. The molecule has 1 heterocycles. The fraction of sp³-hybridized carbons (Fsp3) is 0.480. The molecule has 1 N–H and O–H groups in total. The molecule has 0 unspecified atom stereocenters. The topological polar surface area (TPSA) is 84.9 Å². The van der Waals surface area contributed by atoms with Gasteiger partial charge in [-0.15, -0.1) is 0 Å². The summed E-state index contributed by atoms with van der Waals surface area (Å²) in [7, 11) is -3.43. The molecule has 3 rings (SSSR count). The molecule has 180 valence electrons. The van der Waals surface area contributed by atoms with Gasteiger partial charge in [-0.2, -0.15) is 4.31 Å². The Morgan fingerprint density at radius 1 is 1.00 bits per heavy atom. The van der Waals surface area contributed by atoms with Crippen molar-refractivity contribution in [1.82, 2.24) is 9.62 Å². The molecule has 1 atom stereocenters. The SMILES string of the molecule is C[C@@H](Oc1ccc(C(C)(C)C)cc1)C(=O)NCCOc1ccc(S(=O)(=O)N2CCCC2)cc1. The van der Waals surface area contributed by atoms with Crippen molar-refractivity contribution >= 4 is 15.9 Å². The lowest BCUT2D eigenvalue weighted by atomic mass is 9.87. The third kappa shape index (κ3) is 6.71. The summed E-state index contributed by atoms with van der Waals surface area (Å²) in [5.41, 5.74) is 1.26. The second-order valence-corrected chi connectivity index (χ2v) is 11.2. The van der Waals surface area contributed by atoms with E-state index in [0.717, 1.165) is 12.8 Å². The highest BCUT2D eigenvalue weighted by Crippen LogP contribution is 2.25. The van der Waals surface area contributed by atoms with E-state index >= 15 is 0 Å². The van der Waals surface area contributed by atoms with E-state index in [9.17, 15) is 13.2 Å². The van der Waals surface area contributed by atoms with E-state index in [0.29, 0.717) is 31.1 Å². The first-order valence-electron chi connectivity index (χ1n) is 11.4. The Morgan fingerprint density at radius 3 is 2.15 bits per heavy atom. The summed E-state index contributed by atoms with van der Waals surface area (Å²) < 4.78 is 38.0. The van der Waals surface area contributed by atoms with Gasteiger partial charge in [0.05, 0.1) is 11.4 Å². The van der Waals surface area contributed by atoms with Gasteiger partial charge < -0.3 is 14.8 Å². The van der Waals surface area contributed by atoms with Gasteiger partial charge in [0, 0.05) is 13.1 Å². The van der Waals surface area contributed by atoms with Crippen LogP contribution in [0.15, 0.2) is 53.4 Å². The van der Waals surface area contributed by atoms with Crippen LogP contribution in [0.3, 0.4) is 0 Å². The molecule has 0 bridgehead atoms. The smallest absolute Gasteiger partial charge is 0.260 e. The summed E-state index contributed by atoms with van der Waals surface area (Å²) in [6, 6.07) is 14.2. The van der Waals surface area contributed by atoms with E-state index in [2.05, 4.69) is 26.1 Å². The van der Waals surface area contributed by atoms with Crippen LogP contribution in [0, 0.1) is 0 Å². The van der Waals surface area contributed by atoms with Crippen molar-refractivity contribution in [2.24, 2.45) is 0 Å². The number of nitrogens with one attached hydrogen (secondary N) is 1. The molecule has 8 heteroatoms. The number of rotatable bonds is 9. The minimum atomic E-state index is -3.43. The summed E-state index contributed by atoms with van der Waals surface area (Å²) >= 11 is 0. The maximum Gasteiger partial charge on any atom is 0.260 e. The average Bonchev–Trinajstić information content (AvgIpc) is 3.32. The maximum atomic E-state index is 12.6. The summed E-state index contributed by atoms with van der Waals surface area (Å²) in [4.78, 5) is 12.6. The van der Waals surface area contributed by atoms with Gasteiger partial charge in [-0.1, -0.05) is 32.9 Å². The molecule has 2 aromatic rings. The molecule has 0 radical (unpaired) electrons. The standard InChI is InChI=1S/C25H34N2O5S/c1-19(32-22-9-7-20(8-10-22)25(2,3)4)24(28)26-15-18-31-21-11-13-23(14-12-21)33(29,30)27-16-5-6-17-27/h7-14,19H,5-6,15-18H2,1-4H3,(H,26,28)/t19-/m1/s1. The zero-order chi connectivity index (χ0) is 24.1. The zero-order valence-electron chi connectivity index (χ0n) is 19.8. The minimum absolute atomic E-state index is 0.0595. The highest BCUT2D eigenvalue weighted by molar-refractivity contribution is 7.89. The Hall–Kier alpha value is -2.58. The molecule has 0 spiro atoms. The number of amides is 1. The second-order valence-electron chi connectivity index (χ2n) is 9.26. The predicted octanol–water partition coefficient (Wildman–Crippen LogP) is 3.73. The number of carbonyl (C=O) groups excluding carboxylic acids is 1. The monoisotopic (exact) mass is 474 g/mol. The maximum absolute atomic E-state index is 12.6. The first-order valence-corrected chi connectivity index (χ1v) is 12.8. The minimum Gasteiger partial charge on any atom is -0.492 e. The van der Waals surface area contributed by atoms with Gasteiger partial charge in [0.1, 0.15) is 18.1 Å². The van der Waals surface area contributed by atoms with Gasteiger partial charge in [0.15, 0.2) is 6.10 Å². The Morgan fingerprint density at radius 2 is 1.58 bits per heavy atom. The number of ether oxygens (including phenoxy) is 2. The van der Waals surface area contributed by atoms with Crippen molar-refractivity contribution < 1.29 is 22.7 Å². The molecule has 0 saturated carbocycles. The van der Waals surface area contributed by atoms with Gasteiger partial charge in [-0.3, -0.25) is 4.79 Å². The lowest BCUT2D eigenvalue weighted by Gasteiger charge is -2.20. The van der Waals surface area contributed by atoms with Crippen LogP contribution in [0.1, 0.15) is 46.1 Å². The van der Waals surface area contributed by atoms with Crippen LogP contribution in [0.5, 0.6) is 11.5 Å². The van der Waals surface area contributed by atoms with E-state index in [-0.39, 0.29) is 22.8 Å². The van der Waals surface area contributed by atoms with E-state index in [4.69, 9.17) is 9.47 Å². The average molecular weight is 475 g/mol. The first kappa shape index (κ1) is 25.1. The molecule has 0 aliphatic carbocycles. The van der Waals surface area contributed by atoms with Crippen molar-refractivity contribution in [3.05, 3.63) is 54.1 Å². The van der Waals surface area contributed by atoms with Gasteiger partial charge >= 0.3 is 0 Å². The number of benzene rings is 2. The molecule has 1 aliphatic rings. The Kier molecular flexibility index (Phi) is 8.02. The molecule has 0 aromatic heterocycles. The van der Waals surface area contributed by atoms with Crippen LogP contribution >= 0.6 is 0 Å². The summed E-state index contributed by atoms with van der Waals surface area (Å²) in [6.07, 6.45) is 1.17. The molecule has 1 aliphatic heterocycles. The van der Waals surface area contributed by atoms with Crippen molar-refractivity contribution in [2.45, 2.75) is 57.0 Å². The second kappa shape index (κ2) is 10.6. The van der Waals surface area contributed by atoms with Gasteiger partial charge in [0.2, 0.25) is 10.0 Å². The molecule has 1 fully saturated rings. The molecule has 7 nitrogen and oxygen atoms in total. The van der Waals surface area contributed by atoms with E-state index in [1.165, 1.54) is 9.87 Å². The molecule has 33 heavy (non-hydrogen) atoms. The predicted molar refractivity (Wildman–Crippen MR) is 128 cm³/mol. The van der Waals surface area contributed by atoms with E-state index < -0.39 is 16.1 Å². The number of nitrogens with zero attached hydrogens (tertiary/aromatic N) is 1. The van der Waals surface area contributed by atoms with Crippen molar-refractivity contribution in [3.8, 4) is 11.5 Å². The largest absolute Gasteiger partial charge is 0.492 e. The fourth-order valence-corrected chi connectivity index (χ4v) is 5.08. The van der Waals surface area contributed by atoms with Crippen LogP contribution in [-0.4, -0.2) is 51.0 Å². The summed E-state index contributed by atoms with van der Waals surface area (Å²) in [5, 5.41) is 2.79. The van der Waals surface area contributed by atoms with Gasteiger partial charge in [-0.05, 0) is 67.1 Å². The Balaban J connectivity index is 1.41. The number of hydrogen-bond donors (Lipinski definition) is 1. The number of carbonyl (C=O) groups is 1. The third-order valence-corrected chi connectivity index (χ3v) is 7.51. The summed E-state index contributed by atoms with van der Waals surface area (Å²) in [6.45, 7) is 9.85. The van der Waals surface area contributed by atoms with Crippen LogP contribution in [0.25, 0.3) is 0 Å². The zero-order valence-corrected chi connectivity index (χ0v) is 20.7. The van der Waals surface area contributed by atoms with E-state index in [1.807, 2.05) is 24.3 Å². The number of hydrogen-bond acceptors (Lipinski definition) is 5. The molecule has 2 aromatic carbocycles. The van der Waals surface area contributed by atoms with Crippen molar-refractivity contribution in [3.63, 3.8) is 0 Å². The van der Waals surface area contributed by atoms with Crippen LogP contribution < -0.4 is 14.8 Å². The van der Waals surface area contributed by atoms with Crippen LogP contribution in [0.2, 0.25) is 0 Å². The lowest BCUT2D eigenvalue weighted by molar-refractivity contribution is -0.127. The van der Waals surface area contributed by atoms with Gasteiger partial charge in [0.25, 0.3) is 5.91 Å². The number of sulfonamides is 1. The van der Waals surface area contributed by atoms with Crippen molar-refractivity contribution in [2.75, 3.05) is 26.2 Å². The quantitative estimate of drug-likeness (QED) is 0.560. The van der Waals surface area contributed by atoms with E-state index in [1.54, 1.807) is 31.2 Å². The van der Waals surface area contributed by atoms with Crippen molar-refractivity contribution in [1.29, 1.82) is 0 Å². The Bertz CT molecular complexity index is 1020. The highest BCUT2D eigenvalue weighted by Gasteiger charge is 2.27. The third-order valence-electron chi connectivity index (χ3n) is 5.60. The highest BCUT2D eigenvalue weighted by atomic mass is 32.2. The van der Waals surface area contributed by atoms with Crippen LogP contribution in [-0.2, 0) is 20.2 Å². The Labute approximate surface area is 197 Å². The molecular formula is C25H34N2O5S. The fourth-order valence-electron chi connectivity index (χ4n) is 3.56. The first-order chi connectivity index (χ1) is 15.6. The summed E-state index contributed by atoms with van der Waals surface area (Å²) in [5.74, 6) is 0.962. The lowest BCUT2D eigenvalue weighted by Crippen LogP contribution is -2.38.